The highest BCUT2D eigenvalue weighted by Gasteiger charge is 2.20. The second kappa shape index (κ2) is 4.81. The van der Waals surface area contributed by atoms with Gasteiger partial charge < -0.3 is 9.88 Å². The average Bonchev–Trinajstić information content (AvgIpc) is 2.70. The topological polar surface area (TPSA) is 29.9 Å². The zero-order valence-corrected chi connectivity index (χ0v) is 11.3. The van der Waals surface area contributed by atoms with Crippen LogP contribution in [0.2, 0.25) is 0 Å². The number of nitrogens with zero attached hydrogens (tertiary/aromatic N) is 2. The fourth-order valence-electron chi connectivity index (χ4n) is 2.65. The van der Waals surface area contributed by atoms with Crippen molar-refractivity contribution >= 4 is 28.6 Å². The third-order valence-electron chi connectivity index (χ3n) is 3.78. The first-order chi connectivity index (χ1) is 8.74. The minimum absolute atomic E-state index is 0.364. The monoisotopic (exact) mass is 263 g/mol. The van der Waals surface area contributed by atoms with Crippen LogP contribution < -0.4 is 5.32 Å². The molecule has 1 aromatic heterocycles. The number of imidazole rings is 1. The lowest BCUT2D eigenvalue weighted by Crippen LogP contribution is -2.27. The van der Waals surface area contributed by atoms with Gasteiger partial charge >= 0.3 is 0 Å². The van der Waals surface area contributed by atoms with Crippen LogP contribution in [-0.4, -0.2) is 21.0 Å². The highest BCUT2D eigenvalue weighted by atomic mass is 35.5. The van der Waals surface area contributed by atoms with Crippen molar-refractivity contribution in [2.75, 3.05) is 5.32 Å². The molecule has 0 aliphatic heterocycles. The second-order valence-electron chi connectivity index (χ2n) is 5.08. The molecule has 0 radical (unpaired) electrons. The number of rotatable bonds is 2. The quantitative estimate of drug-likeness (QED) is 0.840. The largest absolute Gasteiger partial charge is 0.353 e. The summed E-state index contributed by atoms with van der Waals surface area (Å²) in [5, 5.41) is 3.92. The second-order valence-corrected chi connectivity index (χ2v) is 5.69. The van der Waals surface area contributed by atoms with Gasteiger partial charge in [-0.05, 0) is 37.8 Å². The number of alkyl halides is 1. The molecule has 3 rings (SSSR count). The Morgan fingerprint density at radius 2 is 1.94 bits per heavy atom. The molecule has 0 atom stereocenters. The Morgan fingerprint density at radius 1 is 1.22 bits per heavy atom. The van der Waals surface area contributed by atoms with Crippen LogP contribution >= 0.6 is 11.6 Å². The number of para-hydroxylation sites is 2. The predicted octanol–water partition coefficient (Wildman–Crippen LogP) is 3.54. The van der Waals surface area contributed by atoms with Crippen molar-refractivity contribution in [2.45, 2.75) is 37.1 Å². The van der Waals surface area contributed by atoms with Crippen LogP contribution in [0.5, 0.6) is 0 Å². The molecule has 0 unspecified atom stereocenters. The number of anilines is 1. The molecule has 1 aromatic carbocycles. The first-order valence-corrected chi connectivity index (χ1v) is 7.00. The maximum absolute atomic E-state index is 6.13. The third-order valence-corrected chi connectivity index (χ3v) is 4.21. The molecular weight excluding hydrogens is 246 g/mol. The Balaban J connectivity index is 1.80. The fraction of sp³-hybridized carbons (Fsp3) is 0.500. The summed E-state index contributed by atoms with van der Waals surface area (Å²) in [5.41, 5.74) is 2.22. The van der Waals surface area contributed by atoms with Crippen LogP contribution in [0.3, 0.4) is 0 Å². The number of benzene rings is 1. The summed E-state index contributed by atoms with van der Waals surface area (Å²) in [6, 6.07) is 8.74. The van der Waals surface area contributed by atoms with Crippen molar-refractivity contribution in [3.05, 3.63) is 24.3 Å². The van der Waals surface area contributed by atoms with E-state index in [0.717, 1.165) is 37.1 Å². The summed E-state index contributed by atoms with van der Waals surface area (Å²) in [4.78, 5) is 4.64. The minimum atomic E-state index is 0.364. The van der Waals surface area contributed by atoms with Gasteiger partial charge in [0, 0.05) is 18.5 Å². The summed E-state index contributed by atoms with van der Waals surface area (Å²) < 4.78 is 2.13. The maximum Gasteiger partial charge on any atom is 0.203 e. The van der Waals surface area contributed by atoms with Crippen LogP contribution in [-0.2, 0) is 7.05 Å². The molecule has 96 valence electrons. The van der Waals surface area contributed by atoms with Crippen LogP contribution in [0.15, 0.2) is 24.3 Å². The van der Waals surface area contributed by atoms with Crippen molar-refractivity contribution in [3.63, 3.8) is 0 Å². The molecule has 1 heterocycles. The van der Waals surface area contributed by atoms with E-state index in [1.54, 1.807) is 0 Å². The zero-order chi connectivity index (χ0) is 12.5. The van der Waals surface area contributed by atoms with Gasteiger partial charge in [0.25, 0.3) is 0 Å². The van der Waals surface area contributed by atoms with E-state index in [-0.39, 0.29) is 0 Å². The molecule has 18 heavy (non-hydrogen) atoms. The molecule has 0 amide bonds. The molecule has 1 N–H and O–H groups in total. The minimum Gasteiger partial charge on any atom is -0.353 e. The summed E-state index contributed by atoms with van der Waals surface area (Å²) >= 11 is 6.13. The number of hydrogen-bond donors (Lipinski definition) is 1. The number of fused-ring (bicyclic) bond motifs is 1. The molecule has 0 bridgehead atoms. The van der Waals surface area contributed by atoms with E-state index in [1.165, 1.54) is 5.52 Å². The summed E-state index contributed by atoms with van der Waals surface area (Å²) in [7, 11) is 2.06. The van der Waals surface area contributed by atoms with E-state index in [2.05, 4.69) is 34.0 Å². The Morgan fingerprint density at radius 3 is 2.67 bits per heavy atom. The van der Waals surface area contributed by atoms with Gasteiger partial charge in [-0.15, -0.1) is 11.6 Å². The Labute approximate surface area is 112 Å². The lowest BCUT2D eigenvalue weighted by atomic mass is 9.95. The van der Waals surface area contributed by atoms with E-state index in [4.69, 9.17) is 11.6 Å². The normalized spacial score (nSPS) is 24.3. The molecule has 3 nitrogen and oxygen atoms in total. The summed E-state index contributed by atoms with van der Waals surface area (Å²) in [6.07, 6.45) is 4.47. The van der Waals surface area contributed by atoms with Crippen LogP contribution in [0.1, 0.15) is 25.7 Å². The van der Waals surface area contributed by atoms with Crippen molar-refractivity contribution in [1.29, 1.82) is 0 Å². The van der Waals surface area contributed by atoms with Crippen LogP contribution in [0.25, 0.3) is 11.0 Å². The van der Waals surface area contributed by atoms with E-state index in [9.17, 15) is 0 Å². The average molecular weight is 264 g/mol. The first kappa shape index (κ1) is 11.8. The molecule has 0 spiro atoms. The molecular formula is C14H18ClN3. The smallest absolute Gasteiger partial charge is 0.203 e. The van der Waals surface area contributed by atoms with Gasteiger partial charge in [-0.1, -0.05) is 12.1 Å². The SMILES string of the molecule is Cn1c(NC2CCC(Cl)CC2)nc2ccccc21. The zero-order valence-electron chi connectivity index (χ0n) is 10.6. The standard InChI is InChI=1S/C14H18ClN3/c1-18-13-5-3-2-4-12(13)17-14(18)16-11-8-6-10(15)7-9-11/h2-5,10-11H,6-9H2,1H3,(H,16,17). The van der Waals surface area contributed by atoms with Crippen LogP contribution in [0.4, 0.5) is 5.95 Å². The van der Waals surface area contributed by atoms with Crippen molar-refractivity contribution in [2.24, 2.45) is 7.05 Å². The van der Waals surface area contributed by atoms with Crippen molar-refractivity contribution in [1.82, 2.24) is 9.55 Å². The number of hydrogen-bond acceptors (Lipinski definition) is 2. The predicted molar refractivity (Wildman–Crippen MR) is 76.2 cm³/mol. The third kappa shape index (κ3) is 2.19. The summed E-state index contributed by atoms with van der Waals surface area (Å²) in [5.74, 6) is 0.967. The van der Waals surface area contributed by atoms with E-state index >= 15 is 0 Å². The van der Waals surface area contributed by atoms with E-state index < -0.39 is 0 Å². The lowest BCUT2D eigenvalue weighted by Gasteiger charge is -2.26. The highest BCUT2D eigenvalue weighted by Crippen LogP contribution is 2.26. The van der Waals surface area contributed by atoms with Gasteiger partial charge in [0.2, 0.25) is 5.95 Å². The summed E-state index contributed by atoms with van der Waals surface area (Å²) in [6.45, 7) is 0. The van der Waals surface area contributed by atoms with Gasteiger partial charge in [-0.2, -0.15) is 0 Å². The molecule has 0 saturated heterocycles. The van der Waals surface area contributed by atoms with Gasteiger partial charge in [-0.3, -0.25) is 0 Å². The lowest BCUT2D eigenvalue weighted by molar-refractivity contribution is 0.465. The fourth-order valence-corrected chi connectivity index (χ4v) is 2.91. The van der Waals surface area contributed by atoms with Gasteiger partial charge in [0.15, 0.2) is 0 Å². The molecule has 1 aliphatic rings. The highest BCUT2D eigenvalue weighted by molar-refractivity contribution is 6.20. The van der Waals surface area contributed by atoms with E-state index in [1.807, 2.05) is 12.1 Å². The number of halogens is 1. The molecule has 1 saturated carbocycles. The van der Waals surface area contributed by atoms with Gasteiger partial charge in [-0.25, -0.2) is 4.98 Å². The van der Waals surface area contributed by atoms with Crippen molar-refractivity contribution in [3.8, 4) is 0 Å². The number of aromatic nitrogens is 2. The van der Waals surface area contributed by atoms with Gasteiger partial charge in [0.1, 0.15) is 0 Å². The number of aryl methyl sites for hydroxylation is 1. The number of nitrogens with one attached hydrogen (secondary N) is 1. The Bertz CT molecular complexity index is 541. The molecule has 2 aromatic rings. The molecule has 1 aliphatic carbocycles. The Kier molecular flexibility index (Phi) is 3.16. The Hall–Kier alpha value is -1.22. The van der Waals surface area contributed by atoms with Gasteiger partial charge in [0.05, 0.1) is 11.0 Å². The molecule has 1 fully saturated rings. The first-order valence-electron chi connectivity index (χ1n) is 6.56. The maximum atomic E-state index is 6.13. The van der Waals surface area contributed by atoms with E-state index in [0.29, 0.717) is 11.4 Å². The van der Waals surface area contributed by atoms with Crippen molar-refractivity contribution < 1.29 is 0 Å². The molecule has 4 heteroatoms. The van der Waals surface area contributed by atoms with Crippen LogP contribution in [0, 0.1) is 0 Å².